The van der Waals surface area contributed by atoms with Gasteiger partial charge >= 0.3 is 0 Å². The molecule has 9 nitrogen and oxygen atoms in total. The van der Waals surface area contributed by atoms with Gasteiger partial charge in [0.1, 0.15) is 11.3 Å². The van der Waals surface area contributed by atoms with Crippen LogP contribution in [0.2, 0.25) is 0 Å². The number of piperidine rings is 1. The molecule has 4 aromatic rings. The molecule has 8 rings (SSSR count). The number of rotatable bonds is 4. The van der Waals surface area contributed by atoms with Crippen molar-refractivity contribution in [3.63, 3.8) is 0 Å². The Morgan fingerprint density at radius 3 is 2.59 bits per heavy atom. The summed E-state index contributed by atoms with van der Waals surface area (Å²) in [6.45, 7) is 4.30. The Kier molecular flexibility index (Phi) is 7.35. The van der Waals surface area contributed by atoms with E-state index in [2.05, 4.69) is 45.6 Å². The normalized spacial score (nSPS) is 23.5. The van der Waals surface area contributed by atoms with Crippen molar-refractivity contribution in [3.05, 3.63) is 47.5 Å². The largest absolute Gasteiger partial charge is 0.494 e. The van der Waals surface area contributed by atoms with E-state index in [1.807, 2.05) is 17.0 Å². The summed E-state index contributed by atoms with van der Waals surface area (Å²) >= 11 is 0. The molecular formula is C37H46N6O3. The number of likely N-dealkylation sites (tertiary alicyclic amines) is 1. The monoisotopic (exact) mass is 622 g/mol. The Labute approximate surface area is 270 Å². The highest BCUT2D eigenvalue weighted by Gasteiger charge is 2.49. The summed E-state index contributed by atoms with van der Waals surface area (Å²) in [7, 11) is 1.68. The van der Waals surface area contributed by atoms with Crippen LogP contribution in [0.4, 0.5) is 0 Å². The van der Waals surface area contributed by atoms with Crippen molar-refractivity contribution in [3.8, 4) is 17.3 Å². The maximum Gasteiger partial charge on any atom is 0.254 e. The first-order valence-electron chi connectivity index (χ1n) is 17.4. The van der Waals surface area contributed by atoms with Gasteiger partial charge in [0.15, 0.2) is 5.82 Å². The number of hydrogen-bond acceptors (Lipinski definition) is 5. The van der Waals surface area contributed by atoms with E-state index in [0.29, 0.717) is 23.9 Å². The number of ether oxygens (including phenoxy) is 1. The van der Waals surface area contributed by atoms with Gasteiger partial charge in [-0.2, -0.15) is 0 Å². The van der Waals surface area contributed by atoms with Crippen molar-refractivity contribution in [1.82, 2.24) is 24.3 Å². The number of aromatic nitrogens is 3. The fourth-order valence-corrected chi connectivity index (χ4v) is 7.95. The number of imidazole rings is 1. The number of fused-ring (bicyclic) bond motifs is 2. The number of methoxy groups -OCH3 is 1. The van der Waals surface area contributed by atoms with Crippen molar-refractivity contribution >= 4 is 33.8 Å². The minimum Gasteiger partial charge on any atom is -0.494 e. The standard InChI is InChI=1S/C37H46N6O3/c1-23-24-9-10-25-20-31(42(30(25)19-24)17-6-4-3-5-13-37(14-15-37)36(45)39-23)34-40-29-18-26(35(44)41-16-7-8-27(38)22-41)21-32(46-2)33(29)43(34)28-11-12-28/h9-10,18-21,23,27-28H,3-8,11-17,22,38H2,1-2H3,(H,39,45)/t23-,27-/m1/s1. The Morgan fingerprint density at radius 2 is 1.83 bits per heavy atom. The van der Waals surface area contributed by atoms with Gasteiger partial charge in [-0.05, 0) is 88.1 Å². The van der Waals surface area contributed by atoms with Crippen LogP contribution in [0.15, 0.2) is 36.4 Å². The maximum atomic E-state index is 13.7. The van der Waals surface area contributed by atoms with E-state index >= 15 is 0 Å². The minimum absolute atomic E-state index is 0.0125. The third-order valence-electron chi connectivity index (χ3n) is 11.0. The lowest BCUT2D eigenvalue weighted by Crippen LogP contribution is -2.45. The molecule has 0 unspecified atom stereocenters. The predicted molar refractivity (Wildman–Crippen MR) is 180 cm³/mol. The molecule has 1 spiro atoms. The molecular weight excluding hydrogens is 576 g/mol. The van der Waals surface area contributed by atoms with Crippen LogP contribution in [0.3, 0.4) is 0 Å². The highest BCUT2D eigenvalue weighted by molar-refractivity contribution is 6.00. The van der Waals surface area contributed by atoms with Gasteiger partial charge in [0.05, 0.1) is 24.4 Å². The summed E-state index contributed by atoms with van der Waals surface area (Å²) in [5.41, 5.74) is 11.8. The van der Waals surface area contributed by atoms with Crippen molar-refractivity contribution < 1.29 is 14.3 Å². The topological polar surface area (TPSA) is 107 Å². The summed E-state index contributed by atoms with van der Waals surface area (Å²) in [4.78, 5) is 34.1. The molecule has 4 aliphatic rings. The average molecular weight is 623 g/mol. The van der Waals surface area contributed by atoms with E-state index in [0.717, 1.165) is 112 Å². The number of hydrogen-bond donors (Lipinski definition) is 2. The third-order valence-corrected chi connectivity index (χ3v) is 11.0. The fraction of sp³-hybridized carbons (Fsp3) is 0.541. The number of nitrogens with one attached hydrogen (secondary N) is 1. The number of nitrogens with zero attached hydrogens (tertiary/aromatic N) is 4. The van der Waals surface area contributed by atoms with Crippen molar-refractivity contribution in [2.45, 2.75) is 102 Å². The lowest BCUT2D eigenvalue weighted by Gasteiger charge is -2.30. The van der Waals surface area contributed by atoms with Crippen LogP contribution in [0.5, 0.6) is 5.75 Å². The van der Waals surface area contributed by atoms with Crippen molar-refractivity contribution in [2.75, 3.05) is 20.2 Å². The van der Waals surface area contributed by atoms with Crippen LogP contribution >= 0.6 is 0 Å². The zero-order chi connectivity index (χ0) is 31.6. The highest BCUT2D eigenvalue weighted by Crippen LogP contribution is 2.51. The second kappa shape index (κ2) is 11.4. The van der Waals surface area contributed by atoms with E-state index in [1.54, 1.807) is 7.11 Å². The van der Waals surface area contributed by atoms with Gasteiger partial charge in [0.2, 0.25) is 5.91 Å². The molecule has 2 aliphatic carbocycles. The molecule has 2 aliphatic heterocycles. The number of aryl methyl sites for hydroxylation is 1. The van der Waals surface area contributed by atoms with Crippen molar-refractivity contribution in [2.24, 2.45) is 11.1 Å². The van der Waals surface area contributed by atoms with Gasteiger partial charge < -0.3 is 29.8 Å². The molecule has 3 fully saturated rings. The fourth-order valence-electron chi connectivity index (χ4n) is 7.95. The van der Waals surface area contributed by atoms with Gasteiger partial charge in [-0.15, -0.1) is 0 Å². The highest BCUT2D eigenvalue weighted by atomic mass is 16.5. The van der Waals surface area contributed by atoms with Gasteiger partial charge in [-0.25, -0.2) is 4.98 Å². The first-order valence-corrected chi connectivity index (χ1v) is 17.4. The van der Waals surface area contributed by atoms with Crippen LogP contribution in [-0.4, -0.2) is 57.1 Å². The molecule has 4 heterocycles. The molecule has 2 aromatic carbocycles. The Bertz CT molecular complexity index is 1830. The van der Waals surface area contributed by atoms with Gasteiger partial charge in [-0.3, -0.25) is 9.59 Å². The van der Waals surface area contributed by atoms with Gasteiger partial charge in [-0.1, -0.05) is 31.4 Å². The van der Waals surface area contributed by atoms with Gasteiger partial charge in [0.25, 0.3) is 5.91 Å². The van der Waals surface area contributed by atoms with Crippen LogP contribution in [0, 0.1) is 5.41 Å². The van der Waals surface area contributed by atoms with Crippen LogP contribution < -0.4 is 15.8 Å². The summed E-state index contributed by atoms with van der Waals surface area (Å²) in [5.74, 6) is 1.82. The molecule has 2 atom stereocenters. The SMILES string of the molecule is COc1cc(C(=O)N2CCC[C@@H](N)C2)cc2nc(-c3cc4ccc5cc4n3CCCCCCC3(CC3)C(=O)N[C@@H]5C)n(C3CC3)c12. The second-order valence-corrected chi connectivity index (χ2v) is 14.4. The van der Waals surface area contributed by atoms with E-state index in [9.17, 15) is 9.59 Å². The zero-order valence-corrected chi connectivity index (χ0v) is 27.2. The number of benzene rings is 2. The third kappa shape index (κ3) is 5.17. The first-order chi connectivity index (χ1) is 22.3. The lowest BCUT2D eigenvalue weighted by atomic mass is 9.95. The molecule has 9 heteroatoms. The average Bonchev–Trinajstić information content (AvgIpc) is 3.99. The number of nitrogens with two attached hydrogens (primary N) is 1. The molecule has 46 heavy (non-hydrogen) atoms. The van der Waals surface area contributed by atoms with Gasteiger partial charge in [0, 0.05) is 53.6 Å². The summed E-state index contributed by atoms with van der Waals surface area (Å²) in [5, 5.41) is 4.52. The first kappa shape index (κ1) is 29.5. The number of carbonyl (C=O) groups excluding carboxylic acids is 2. The smallest absolute Gasteiger partial charge is 0.254 e. The Morgan fingerprint density at radius 1 is 1.00 bits per heavy atom. The van der Waals surface area contributed by atoms with Crippen LogP contribution in [0.25, 0.3) is 33.5 Å². The van der Waals surface area contributed by atoms with E-state index < -0.39 is 0 Å². The molecule has 2 saturated carbocycles. The van der Waals surface area contributed by atoms with Crippen LogP contribution in [-0.2, 0) is 11.3 Å². The van der Waals surface area contributed by atoms with Crippen molar-refractivity contribution in [1.29, 1.82) is 0 Å². The molecule has 3 N–H and O–H groups in total. The zero-order valence-electron chi connectivity index (χ0n) is 27.2. The maximum absolute atomic E-state index is 13.7. The Hall–Kier alpha value is -3.85. The van der Waals surface area contributed by atoms with Crippen LogP contribution in [0.1, 0.15) is 106 Å². The number of amides is 2. The lowest BCUT2D eigenvalue weighted by molar-refractivity contribution is -0.127. The Balaban J connectivity index is 1.24. The second-order valence-electron chi connectivity index (χ2n) is 14.4. The summed E-state index contributed by atoms with van der Waals surface area (Å²) < 4.78 is 10.8. The summed E-state index contributed by atoms with van der Waals surface area (Å²) in [6, 6.07) is 13.0. The quantitative estimate of drug-likeness (QED) is 0.271. The minimum atomic E-state index is -0.135. The molecule has 242 valence electrons. The van der Waals surface area contributed by atoms with E-state index in [-0.39, 0.29) is 29.3 Å². The molecule has 0 radical (unpaired) electrons. The molecule has 2 bridgehead atoms. The molecule has 2 aromatic heterocycles. The van der Waals surface area contributed by atoms with E-state index in [4.69, 9.17) is 15.5 Å². The van der Waals surface area contributed by atoms with E-state index in [1.165, 1.54) is 10.9 Å². The number of carbonyl (C=O) groups is 2. The molecule has 1 saturated heterocycles. The molecule has 2 amide bonds. The predicted octanol–water partition coefficient (Wildman–Crippen LogP) is 6.49. The summed E-state index contributed by atoms with van der Waals surface area (Å²) in [6.07, 6.45) is 11.5.